The standard InChI is InChI=1S/C19H21N3O3S/c1-12-7-4-5-10-15(12)18(24)20-19(26)22-21-16(23)11-25-17-13(2)8-6-9-14(17)3/h4-10H,11H2,1-3H3,(H,21,23)(H2,20,22,24,26). The Morgan fingerprint density at radius 2 is 1.54 bits per heavy atom. The summed E-state index contributed by atoms with van der Waals surface area (Å²) in [6, 6.07) is 12.9. The van der Waals surface area contributed by atoms with E-state index in [1.807, 2.05) is 51.1 Å². The van der Waals surface area contributed by atoms with Crippen molar-refractivity contribution in [2.24, 2.45) is 0 Å². The summed E-state index contributed by atoms with van der Waals surface area (Å²) < 4.78 is 5.55. The van der Waals surface area contributed by atoms with Gasteiger partial charge in [0, 0.05) is 5.56 Å². The molecule has 0 aromatic heterocycles. The number of carbonyl (C=O) groups excluding carboxylic acids is 2. The normalized spacial score (nSPS) is 9.96. The fourth-order valence-corrected chi connectivity index (χ4v) is 2.50. The molecule has 3 N–H and O–H groups in total. The SMILES string of the molecule is Cc1ccccc1C(=O)NC(=S)NNC(=O)COc1c(C)cccc1C. The molecule has 2 aromatic rings. The van der Waals surface area contributed by atoms with E-state index < -0.39 is 5.91 Å². The van der Waals surface area contributed by atoms with E-state index in [4.69, 9.17) is 17.0 Å². The predicted octanol–water partition coefficient (Wildman–Crippen LogP) is 2.33. The first-order chi connectivity index (χ1) is 12.4. The van der Waals surface area contributed by atoms with E-state index in [9.17, 15) is 9.59 Å². The van der Waals surface area contributed by atoms with E-state index in [2.05, 4.69) is 16.2 Å². The van der Waals surface area contributed by atoms with Crippen LogP contribution in [0.1, 0.15) is 27.0 Å². The zero-order valence-corrected chi connectivity index (χ0v) is 15.7. The fourth-order valence-electron chi connectivity index (χ4n) is 2.36. The van der Waals surface area contributed by atoms with Crippen LogP contribution in [0.2, 0.25) is 0 Å². The molecule has 0 radical (unpaired) electrons. The third kappa shape index (κ3) is 5.29. The molecule has 136 valence electrons. The van der Waals surface area contributed by atoms with Crippen LogP contribution in [0.3, 0.4) is 0 Å². The number of amides is 2. The lowest BCUT2D eigenvalue weighted by molar-refractivity contribution is -0.123. The second-order valence-corrected chi connectivity index (χ2v) is 6.19. The van der Waals surface area contributed by atoms with E-state index in [1.54, 1.807) is 12.1 Å². The van der Waals surface area contributed by atoms with E-state index in [0.717, 1.165) is 16.7 Å². The molecule has 2 rings (SSSR count). The van der Waals surface area contributed by atoms with Gasteiger partial charge in [0.2, 0.25) is 0 Å². The summed E-state index contributed by atoms with van der Waals surface area (Å²) >= 11 is 5.01. The monoisotopic (exact) mass is 371 g/mol. The Morgan fingerprint density at radius 3 is 2.19 bits per heavy atom. The topological polar surface area (TPSA) is 79.5 Å². The number of carbonyl (C=O) groups is 2. The molecule has 0 spiro atoms. The lowest BCUT2D eigenvalue weighted by Gasteiger charge is -2.14. The van der Waals surface area contributed by atoms with Gasteiger partial charge in [0.1, 0.15) is 5.75 Å². The van der Waals surface area contributed by atoms with Crippen LogP contribution in [0.15, 0.2) is 42.5 Å². The molecular formula is C19H21N3O3S. The molecule has 0 aliphatic rings. The van der Waals surface area contributed by atoms with Crippen molar-refractivity contribution in [3.05, 3.63) is 64.7 Å². The summed E-state index contributed by atoms with van der Waals surface area (Å²) in [6.45, 7) is 5.48. The molecule has 26 heavy (non-hydrogen) atoms. The Kier molecular flexibility index (Phi) is 6.68. The number of rotatable bonds is 4. The van der Waals surface area contributed by atoms with Crippen molar-refractivity contribution in [3.63, 3.8) is 0 Å². The summed E-state index contributed by atoms with van der Waals surface area (Å²) in [4.78, 5) is 24.0. The molecule has 0 fully saturated rings. The molecule has 7 heteroatoms. The molecule has 0 unspecified atom stereocenters. The lowest BCUT2D eigenvalue weighted by Crippen LogP contribution is -2.49. The van der Waals surface area contributed by atoms with Crippen molar-refractivity contribution in [1.82, 2.24) is 16.2 Å². The second-order valence-electron chi connectivity index (χ2n) is 5.78. The minimum absolute atomic E-state index is 0.00123. The number of aryl methyl sites for hydroxylation is 3. The summed E-state index contributed by atoms with van der Waals surface area (Å²) in [5.74, 6) is -0.0835. The number of thiocarbonyl (C=S) groups is 1. The van der Waals surface area contributed by atoms with Gasteiger partial charge in [0.15, 0.2) is 11.7 Å². The van der Waals surface area contributed by atoms with Crippen molar-refractivity contribution in [2.45, 2.75) is 20.8 Å². The maximum absolute atomic E-state index is 12.1. The average Bonchev–Trinajstić information content (AvgIpc) is 2.60. The van der Waals surface area contributed by atoms with Gasteiger partial charge in [-0.15, -0.1) is 0 Å². The van der Waals surface area contributed by atoms with Gasteiger partial charge in [0.25, 0.3) is 11.8 Å². The third-order valence-corrected chi connectivity index (χ3v) is 3.89. The van der Waals surface area contributed by atoms with Gasteiger partial charge in [-0.3, -0.25) is 25.8 Å². The van der Waals surface area contributed by atoms with Crippen molar-refractivity contribution >= 4 is 29.1 Å². The van der Waals surface area contributed by atoms with Gasteiger partial charge in [0.05, 0.1) is 0 Å². The van der Waals surface area contributed by atoms with Crippen LogP contribution in [0.4, 0.5) is 0 Å². The Balaban J connectivity index is 1.79. The molecule has 0 atom stereocenters. The number of hydrogen-bond acceptors (Lipinski definition) is 4. The van der Waals surface area contributed by atoms with Gasteiger partial charge in [-0.1, -0.05) is 36.4 Å². The number of hydrazine groups is 1. The Bertz CT molecular complexity index is 816. The van der Waals surface area contributed by atoms with Crippen LogP contribution in [-0.2, 0) is 4.79 Å². The number of nitrogens with one attached hydrogen (secondary N) is 3. The Morgan fingerprint density at radius 1 is 0.923 bits per heavy atom. The summed E-state index contributed by atoms with van der Waals surface area (Å²) in [7, 11) is 0. The van der Waals surface area contributed by atoms with Gasteiger partial charge in [-0.25, -0.2) is 0 Å². The number of benzene rings is 2. The molecule has 0 heterocycles. The van der Waals surface area contributed by atoms with E-state index in [-0.39, 0.29) is 17.6 Å². The van der Waals surface area contributed by atoms with Gasteiger partial charge in [-0.2, -0.15) is 0 Å². The molecule has 0 bridgehead atoms. The van der Waals surface area contributed by atoms with Crippen LogP contribution in [-0.4, -0.2) is 23.5 Å². The third-order valence-electron chi connectivity index (χ3n) is 3.69. The Hall–Kier alpha value is -2.93. The van der Waals surface area contributed by atoms with Crippen LogP contribution in [0.25, 0.3) is 0 Å². The predicted molar refractivity (Wildman–Crippen MR) is 104 cm³/mol. The van der Waals surface area contributed by atoms with Gasteiger partial charge in [-0.05, 0) is 55.7 Å². The molecule has 6 nitrogen and oxygen atoms in total. The maximum atomic E-state index is 12.1. The zero-order chi connectivity index (χ0) is 19.1. The van der Waals surface area contributed by atoms with Crippen LogP contribution < -0.4 is 20.9 Å². The minimum atomic E-state index is -0.417. The van der Waals surface area contributed by atoms with E-state index in [0.29, 0.717) is 11.3 Å². The number of ether oxygens (including phenoxy) is 1. The van der Waals surface area contributed by atoms with Crippen LogP contribution in [0, 0.1) is 20.8 Å². The quantitative estimate of drug-likeness (QED) is 0.568. The van der Waals surface area contributed by atoms with Crippen molar-refractivity contribution < 1.29 is 14.3 Å². The van der Waals surface area contributed by atoms with Gasteiger partial charge >= 0.3 is 0 Å². The van der Waals surface area contributed by atoms with Crippen molar-refractivity contribution in [3.8, 4) is 5.75 Å². The molecule has 0 saturated carbocycles. The van der Waals surface area contributed by atoms with Gasteiger partial charge < -0.3 is 4.74 Å². The molecule has 0 aliphatic carbocycles. The van der Waals surface area contributed by atoms with E-state index in [1.165, 1.54) is 0 Å². The smallest absolute Gasteiger partial charge is 0.276 e. The maximum Gasteiger partial charge on any atom is 0.276 e. The first kappa shape index (κ1) is 19.4. The molecule has 2 aromatic carbocycles. The van der Waals surface area contributed by atoms with E-state index >= 15 is 0 Å². The molecule has 0 saturated heterocycles. The highest BCUT2D eigenvalue weighted by Gasteiger charge is 2.11. The van der Waals surface area contributed by atoms with Crippen LogP contribution >= 0.6 is 12.2 Å². The number of hydrogen-bond donors (Lipinski definition) is 3. The highest BCUT2D eigenvalue weighted by Crippen LogP contribution is 2.21. The first-order valence-electron chi connectivity index (χ1n) is 8.03. The molecular weight excluding hydrogens is 350 g/mol. The first-order valence-corrected chi connectivity index (χ1v) is 8.44. The number of para-hydroxylation sites is 1. The zero-order valence-electron chi connectivity index (χ0n) is 14.9. The average molecular weight is 371 g/mol. The summed E-state index contributed by atoms with van der Waals surface area (Å²) in [6.07, 6.45) is 0. The van der Waals surface area contributed by atoms with Crippen LogP contribution in [0.5, 0.6) is 5.75 Å². The fraction of sp³-hybridized carbons (Fsp3) is 0.211. The lowest BCUT2D eigenvalue weighted by atomic mass is 10.1. The molecule has 0 aliphatic heterocycles. The highest BCUT2D eigenvalue weighted by molar-refractivity contribution is 7.80. The van der Waals surface area contributed by atoms with Crippen molar-refractivity contribution in [1.29, 1.82) is 0 Å². The summed E-state index contributed by atoms with van der Waals surface area (Å²) in [5, 5.41) is 2.51. The molecule has 2 amide bonds. The highest BCUT2D eigenvalue weighted by atomic mass is 32.1. The second kappa shape index (κ2) is 8.96. The summed E-state index contributed by atoms with van der Waals surface area (Å²) in [5.41, 5.74) is 8.13. The van der Waals surface area contributed by atoms with Crippen molar-refractivity contribution in [2.75, 3.05) is 6.61 Å². The Labute approximate surface area is 157 Å². The largest absolute Gasteiger partial charge is 0.483 e. The minimum Gasteiger partial charge on any atom is -0.483 e.